The van der Waals surface area contributed by atoms with E-state index in [-0.39, 0.29) is 11.5 Å². The number of hydrogen-bond acceptors (Lipinski definition) is 4. The molecular weight excluding hydrogens is 390 g/mol. The van der Waals surface area contributed by atoms with Crippen molar-refractivity contribution in [3.8, 4) is 0 Å². The van der Waals surface area contributed by atoms with Crippen LogP contribution < -0.4 is 10.0 Å². The summed E-state index contributed by atoms with van der Waals surface area (Å²) in [7, 11) is -3.34. The quantitative estimate of drug-likeness (QED) is 0.607. The zero-order chi connectivity index (χ0) is 20.2. The van der Waals surface area contributed by atoms with Gasteiger partial charge in [-0.25, -0.2) is 9.00 Å². The second-order valence-corrected chi connectivity index (χ2v) is 9.74. The number of carbonyl (C=O) groups excluding carboxylic acids is 1. The van der Waals surface area contributed by atoms with Gasteiger partial charge in [0, 0.05) is 11.3 Å². The molecule has 0 fully saturated rings. The van der Waals surface area contributed by atoms with Gasteiger partial charge in [-0.3, -0.25) is 0 Å². The number of nitrogens with zero attached hydrogens (tertiary/aromatic N) is 1. The summed E-state index contributed by atoms with van der Waals surface area (Å²) >= 11 is 0. The maximum absolute atomic E-state index is 13.4. The maximum atomic E-state index is 13.4. The average Bonchev–Trinajstić information content (AvgIpc) is 3.40. The van der Waals surface area contributed by atoms with Crippen molar-refractivity contribution in [3.05, 3.63) is 57.6 Å². The number of rotatable bonds is 2. The highest BCUT2D eigenvalue weighted by atomic mass is 32.2. The molecule has 2 aromatic carbocycles. The summed E-state index contributed by atoms with van der Waals surface area (Å²) in [6, 6.07) is 6.35. The molecule has 0 radical (unpaired) electrons. The van der Waals surface area contributed by atoms with Crippen LogP contribution in [0.3, 0.4) is 0 Å². The molecule has 0 spiro atoms. The van der Waals surface area contributed by atoms with Crippen molar-refractivity contribution < 1.29 is 19.2 Å². The van der Waals surface area contributed by atoms with Crippen LogP contribution in [0, 0.1) is 0 Å². The molecule has 4 N–H and O–H groups in total. The van der Waals surface area contributed by atoms with Gasteiger partial charge in [0.25, 0.3) is 0 Å². The Morgan fingerprint density at radius 1 is 1.14 bits per heavy atom. The first-order chi connectivity index (χ1) is 14.0. The van der Waals surface area contributed by atoms with Gasteiger partial charge < -0.3 is 15.5 Å². The fourth-order valence-electron chi connectivity index (χ4n) is 4.71. The molecule has 0 saturated carbocycles. The molecule has 5 rings (SSSR count). The van der Waals surface area contributed by atoms with E-state index in [1.807, 2.05) is 0 Å². The molecule has 2 atom stereocenters. The lowest BCUT2D eigenvalue weighted by atomic mass is 9.99. The average molecular weight is 413 g/mol. The highest BCUT2D eigenvalue weighted by Crippen LogP contribution is 2.39. The summed E-state index contributed by atoms with van der Waals surface area (Å²) in [5.41, 5.74) is 6.71. The Kier molecular flexibility index (Phi) is 4.47. The van der Waals surface area contributed by atoms with Crippen LogP contribution in [0.2, 0.25) is 0 Å². The first-order valence-corrected chi connectivity index (χ1v) is 11.4. The molecule has 1 aliphatic heterocycles. The second-order valence-electron chi connectivity index (χ2n) is 7.83. The number of aliphatic hydroxyl groups excluding tert-OH is 2. The van der Waals surface area contributed by atoms with E-state index >= 15 is 0 Å². The third kappa shape index (κ3) is 3.07. The van der Waals surface area contributed by atoms with Crippen molar-refractivity contribution in [2.75, 3.05) is 5.32 Å². The number of nitrogens with one attached hydrogen (secondary N) is 2. The van der Waals surface area contributed by atoms with E-state index in [9.17, 15) is 19.2 Å². The number of urea groups is 1. The maximum Gasteiger partial charge on any atom is 0.354 e. The highest BCUT2D eigenvalue weighted by Gasteiger charge is 2.33. The predicted molar refractivity (Wildman–Crippen MR) is 109 cm³/mol. The van der Waals surface area contributed by atoms with Gasteiger partial charge in [-0.2, -0.15) is 4.72 Å². The van der Waals surface area contributed by atoms with Gasteiger partial charge in [0.2, 0.25) is 0 Å². The first-order valence-electron chi connectivity index (χ1n) is 9.92. The van der Waals surface area contributed by atoms with Crippen molar-refractivity contribution in [1.29, 1.82) is 0 Å². The van der Waals surface area contributed by atoms with E-state index < -0.39 is 22.2 Å². The lowest BCUT2D eigenvalue weighted by Gasteiger charge is -2.15. The van der Waals surface area contributed by atoms with Gasteiger partial charge >= 0.3 is 6.03 Å². The van der Waals surface area contributed by atoms with Crippen LogP contribution in [0.1, 0.15) is 52.5 Å². The van der Waals surface area contributed by atoms with E-state index in [0.717, 1.165) is 44.2 Å². The van der Waals surface area contributed by atoms with Gasteiger partial charge in [0.1, 0.15) is 16.1 Å². The smallest absolute Gasteiger partial charge is 0.354 e. The summed E-state index contributed by atoms with van der Waals surface area (Å²) < 4.78 is 19.9. The molecule has 152 valence electrons. The Hall–Kier alpha value is -2.26. The van der Waals surface area contributed by atoms with E-state index in [1.54, 1.807) is 12.1 Å². The monoisotopic (exact) mass is 413 g/mol. The number of carbonyl (C=O) groups is 1. The van der Waals surface area contributed by atoms with Gasteiger partial charge in [0.15, 0.2) is 0 Å². The fourth-order valence-corrected chi connectivity index (χ4v) is 6.51. The normalized spacial score (nSPS) is 24.1. The largest absolute Gasteiger partial charge is 0.392 e. The van der Waals surface area contributed by atoms with Crippen molar-refractivity contribution in [2.24, 2.45) is 4.36 Å². The zero-order valence-corrected chi connectivity index (χ0v) is 16.7. The Bertz CT molecular complexity index is 1120. The number of aryl methyl sites for hydroxylation is 2. The van der Waals surface area contributed by atoms with Crippen LogP contribution >= 0.6 is 0 Å². The van der Waals surface area contributed by atoms with Gasteiger partial charge in [-0.15, -0.1) is 4.36 Å². The molecule has 3 aliphatic rings. The number of benzene rings is 2. The van der Waals surface area contributed by atoms with E-state index in [2.05, 4.69) is 20.5 Å². The minimum Gasteiger partial charge on any atom is -0.392 e. The number of amides is 2. The summed E-state index contributed by atoms with van der Waals surface area (Å²) in [6.07, 6.45) is 4.85. The second kappa shape index (κ2) is 6.91. The molecule has 2 amide bonds. The molecule has 8 heteroatoms. The van der Waals surface area contributed by atoms with Gasteiger partial charge in [0.05, 0.1) is 11.5 Å². The minimum atomic E-state index is -3.34. The van der Waals surface area contributed by atoms with Crippen LogP contribution in [0.15, 0.2) is 33.5 Å². The van der Waals surface area contributed by atoms with Crippen molar-refractivity contribution in [2.45, 2.75) is 56.3 Å². The van der Waals surface area contributed by atoms with Crippen LogP contribution in [0.4, 0.5) is 10.5 Å². The van der Waals surface area contributed by atoms with Crippen molar-refractivity contribution >= 4 is 21.6 Å². The van der Waals surface area contributed by atoms with Crippen LogP contribution in [-0.2, 0) is 42.2 Å². The SMILES string of the molecule is O=C(N=S1(=O)NC(O)c2ccc(CO)cc21)Nc1c2c(cc3c1CCC3)CCC2. The van der Waals surface area contributed by atoms with Crippen LogP contribution in [0.25, 0.3) is 0 Å². The van der Waals surface area contributed by atoms with Gasteiger partial charge in [-0.05, 0) is 72.4 Å². The molecule has 0 bridgehead atoms. The van der Waals surface area contributed by atoms with Crippen LogP contribution in [-0.4, -0.2) is 20.5 Å². The third-order valence-corrected chi connectivity index (χ3v) is 7.96. The summed E-state index contributed by atoms with van der Waals surface area (Å²) in [5.74, 6) is 0. The molecular formula is C21H23N3O4S. The van der Waals surface area contributed by atoms with Gasteiger partial charge in [-0.1, -0.05) is 18.2 Å². The lowest BCUT2D eigenvalue weighted by Crippen LogP contribution is -2.22. The summed E-state index contributed by atoms with van der Waals surface area (Å²) in [4.78, 5) is 13.1. The Balaban J connectivity index is 1.53. The number of anilines is 1. The first kappa shape index (κ1) is 18.7. The summed E-state index contributed by atoms with van der Waals surface area (Å²) in [5, 5.41) is 22.5. The lowest BCUT2D eigenvalue weighted by molar-refractivity contribution is 0.171. The molecule has 0 saturated heterocycles. The van der Waals surface area contributed by atoms with E-state index in [0.29, 0.717) is 11.1 Å². The Morgan fingerprint density at radius 2 is 1.83 bits per heavy atom. The molecule has 0 aromatic heterocycles. The Morgan fingerprint density at radius 3 is 2.48 bits per heavy atom. The van der Waals surface area contributed by atoms with Crippen LogP contribution in [0.5, 0.6) is 0 Å². The number of fused-ring (bicyclic) bond motifs is 3. The highest BCUT2D eigenvalue weighted by molar-refractivity contribution is 7.92. The number of aliphatic hydroxyl groups is 2. The predicted octanol–water partition coefficient (Wildman–Crippen LogP) is 2.72. The molecule has 7 nitrogen and oxygen atoms in total. The third-order valence-electron chi connectivity index (χ3n) is 6.04. The Labute approximate surface area is 169 Å². The fraction of sp³-hybridized carbons (Fsp3) is 0.381. The topological polar surface area (TPSA) is 111 Å². The molecule has 2 aromatic rings. The van der Waals surface area contributed by atoms with Crippen molar-refractivity contribution in [1.82, 2.24) is 4.72 Å². The zero-order valence-electron chi connectivity index (χ0n) is 15.9. The van der Waals surface area contributed by atoms with E-state index in [1.165, 1.54) is 28.3 Å². The minimum absolute atomic E-state index is 0.229. The molecule has 29 heavy (non-hydrogen) atoms. The standard InChI is InChI=1S/C21H23N3O4S/c25-11-12-7-8-17-18(9-12)29(28,23-20(17)26)24-21(27)22-19-15-5-1-3-13(15)10-14-4-2-6-16(14)19/h7-10,20,25-26H,1-6,11H2,(H2,22,23,24,27,28). The number of hydrogen-bond donors (Lipinski definition) is 4. The van der Waals surface area contributed by atoms with Crippen molar-refractivity contribution in [3.63, 3.8) is 0 Å². The summed E-state index contributed by atoms with van der Waals surface area (Å²) in [6.45, 7) is -0.229. The molecule has 1 heterocycles. The molecule has 2 unspecified atom stereocenters. The molecule has 2 aliphatic carbocycles. The van der Waals surface area contributed by atoms with E-state index in [4.69, 9.17) is 0 Å².